The number of rotatable bonds is 7. The monoisotopic (exact) mass is 328 g/mol. The minimum absolute atomic E-state index is 0.203. The van der Waals surface area contributed by atoms with Crippen molar-refractivity contribution in [1.82, 2.24) is 19.7 Å². The number of nitrogens with zero attached hydrogens (tertiary/aromatic N) is 4. The number of imide groups is 1. The number of allylic oxidation sites excluding steroid dienone is 1. The van der Waals surface area contributed by atoms with E-state index in [0.29, 0.717) is 30.6 Å². The van der Waals surface area contributed by atoms with Crippen LogP contribution in [0.2, 0.25) is 0 Å². The molecule has 0 radical (unpaired) electrons. The Kier molecular flexibility index (Phi) is 4.57. The fourth-order valence-electron chi connectivity index (χ4n) is 2.45. The third-order valence-corrected chi connectivity index (χ3v) is 4.61. The predicted molar refractivity (Wildman–Crippen MR) is 87.4 cm³/mol. The molecule has 0 atom stereocenters. The van der Waals surface area contributed by atoms with E-state index in [4.69, 9.17) is 0 Å². The van der Waals surface area contributed by atoms with Crippen LogP contribution in [0.4, 0.5) is 0 Å². The fourth-order valence-corrected chi connectivity index (χ4v) is 3.30. The molecule has 7 heteroatoms. The van der Waals surface area contributed by atoms with Crippen molar-refractivity contribution in [2.75, 3.05) is 12.3 Å². The van der Waals surface area contributed by atoms with Crippen molar-refractivity contribution in [2.24, 2.45) is 0 Å². The summed E-state index contributed by atoms with van der Waals surface area (Å²) in [6, 6.07) is 6.94. The Bertz CT molecular complexity index is 721. The van der Waals surface area contributed by atoms with E-state index >= 15 is 0 Å². The number of benzene rings is 1. The van der Waals surface area contributed by atoms with Crippen molar-refractivity contribution in [1.29, 1.82) is 0 Å². The molecule has 0 unspecified atom stereocenters. The highest BCUT2D eigenvalue weighted by Gasteiger charge is 2.34. The average Bonchev–Trinajstić information content (AvgIpc) is 3.10. The lowest BCUT2D eigenvalue weighted by Crippen LogP contribution is -2.31. The van der Waals surface area contributed by atoms with Gasteiger partial charge < -0.3 is 4.57 Å². The fraction of sp³-hybridized carbons (Fsp3) is 0.250. The molecule has 2 heterocycles. The molecule has 6 nitrogen and oxygen atoms in total. The number of hydrogen-bond donors (Lipinski definition) is 0. The molecule has 0 bridgehead atoms. The molecular formula is C16H16N4O2S. The number of carbonyl (C=O) groups is 2. The van der Waals surface area contributed by atoms with Gasteiger partial charge in [-0.05, 0) is 18.6 Å². The van der Waals surface area contributed by atoms with Gasteiger partial charge in [-0.25, -0.2) is 0 Å². The SMILES string of the molecule is C=CCn1cnnc1SCCCN1C(=O)c2ccccc2C1=O. The number of fused-ring (bicyclic) bond motifs is 1. The maximum atomic E-state index is 12.2. The summed E-state index contributed by atoms with van der Waals surface area (Å²) in [7, 11) is 0. The molecule has 0 spiro atoms. The van der Waals surface area contributed by atoms with E-state index < -0.39 is 0 Å². The second-order valence-corrected chi connectivity index (χ2v) is 6.13. The lowest BCUT2D eigenvalue weighted by Gasteiger charge is -2.13. The topological polar surface area (TPSA) is 68.1 Å². The van der Waals surface area contributed by atoms with Crippen molar-refractivity contribution >= 4 is 23.6 Å². The van der Waals surface area contributed by atoms with Gasteiger partial charge in [0.05, 0.1) is 11.1 Å². The van der Waals surface area contributed by atoms with Crippen LogP contribution >= 0.6 is 11.8 Å². The van der Waals surface area contributed by atoms with Crippen LogP contribution < -0.4 is 0 Å². The summed E-state index contributed by atoms with van der Waals surface area (Å²) in [5.74, 6) is 0.347. The van der Waals surface area contributed by atoms with E-state index in [0.717, 1.165) is 10.9 Å². The first-order valence-corrected chi connectivity index (χ1v) is 8.27. The molecule has 118 valence electrons. The zero-order valence-corrected chi connectivity index (χ0v) is 13.3. The Balaban J connectivity index is 1.54. The van der Waals surface area contributed by atoms with Gasteiger partial charge >= 0.3 is 0 Å². The van der Waals surface area contributed by atoms with Gasteiger partial charge in [0.25, 0.3) is 11.8 Å². The van der Waals surface area contributed by atoms with E-state index in [1.165, 1.54) is 4.90 Å². The molecule has 0 fully saturated rings. The largest absolute Gasteiger partial charge is 0.305 e. The second kappa shape index (κ2) is 6.78. The number of aromatic nitrogens is 3. The van der Waals surface area contributed by atoms with E-state index in [1.54, 1.807) is 48.4 Å². The van der Waals surface area contributed by atoms with Crippen molar-refractivity contribution in [3.05, 3.63) is 54.4 Å². The van der Waals surface area contributed by atoms with Crippen molar-refractivity contribution in [3.8, 4) is 0 Å². The molecule has 3 rings (SSSR count). The van der Waals surface area contributed by atoms with E-state index in [2.05, 4.69) is 16.8 Å². The smallest absolute Gasteiger partial charge is 0.261 e. The molecule has 0 saturated heterocycles. The molecule has 0 aliphatic carbocycles. The summed E-state index contributed by atoms with van der Waals surface area (Å²) >= 11 is 1.56. The van der Waals surface area contributed by atoms with Gasteiger partial charge in [0.15, 0.2) is 5.16 Å². The molecular weight excluding hydrogens is 312 g/mol. The van der Waals surface area contributed by atoms with Crippen molar-refractivity contribution in [3.63, 3.8) is 0 Å². The molecule has 1 aliphatic rings. The van der Waals surface area contributed by atoms with E-state index in [9.17, 15) is 9.59 Å². The maximum absolute atomic E-state index is 12.2. The van der Waals surface area contributed by atoms with E-state index in [1.807, 2.05) is 4.57 Å². The Morgan fingerprint density at radius 3 is 2.52 bits per heavy atom. The summed E-state index contributed by atoms with van der Waals surface area (Å²) in [6.45, 7) is 4.77. The highest BCUT2D eigenvalue weighted by Crippen LogP contribution is 2.23. The van der Waals surface area contributed by atoms with Crippen LogP contribution in [0.1, 0.15) is 27.1 Å². The van der Waals surface area contributed by atoms with Gasteiger partial charge in [-0.15, -0.1) is 16.8 Å². The standard InChI is InChI=1S/C16H16N4O2S/c1-2-8-19-11-17-18-16(19)23-10-5-9-20-14(21)12-6-3-4-7-13(12)15(20)22/h2-4,6-7,11H,1,5,8-10H2. The zero-order chi connectivity index (χ0) is 16.2. The molecule has 1 aliphatic heterocycles. The van der Waals surface area contributed by atoms with Gasteiger partial charge in [0, 0.05) is 18.8 Å². The molecule has 0 saturated carbocycles. The summed E-state index contributed by atoms with van der Waals surface area (Å²) in [4.78, 5) is 25.8. The Labute approximate surface area is 138 Å². The third-order valence-electron chi connectivity index (χ3n) is 3.54. The van der Waals surface area contributed by atoms with Crippen LogP contribution in [0.3, 0.4) is 0 Å². The van der Waals surface area contributed by atoms with Crippen LogP contribution in [0.5, 0.6) is 0 Å². The van der Waals surface area contributed by atoms with Gasteiger partial charge in [-0.3, -0.25) is 14.5 Å². The van der Waals surface area contributed by atoms with Crippen molar-refractivity contribution < 1.29 is 9.59 Å². The van der Waals surface area contributed by atoms with Gasteiger partial charge in [-0.1, -0.05) is 30.0 Å². The summed E-state index contributed by atoms with van der Waals surface area (Å²) < 4.78 is 1.90. The van der Waals surface area contributed by atoms with Crippen LogP contribution in [0.15, 0.2) is 48.4 Å². The van der Waals surface area contributed by atoms with Crippen molar-refractivity contribution in [2.45, 2.75) is 18.1 Å². The highest BCUT2D eigenvalue weighted by molar-refractivity contribution is 7.99. The Morgan fingerprint density at radius 1 is 1.17 bits per heavy atom. The van der Waals surface area contributed by atoms with Crippen LogP contribution in [0.25, 0.3) is 0 Å². The number of thioether (sulfide) groups is 1. The number of amides is 2. The Morgan fingerprint density at radius 2 is 1.87 bits per heavy atom. The predicted octanol–water partition coefficient (Wildman–Crippen LogP) is 2.24. The average molecular weight is 328 g/mol. The molecule has 2 aromatic rings. The normalized spacial score (nSPS) is 13.5. The molecule has 23 heavy (non-hydrogen) atoms. The molecule has 2 amide bonds. The van der Waals surface area contributed by atoms with E-state index in [-0.39, 0.29) is 11.8 Å². The summed E-state index contributed by atoms with van der Waals surface area (Å²) in [5, 5.41) is 8.73. The minimum atomic E-state index is -0.203. The molecule has 0 N–H and O–H groups in total. The number of carbonyl (C=O) groups excluding carboxylic acids is 2. The highest BCUT2D eigenvalue weighted by atomic mass is 32.2. The maximum Gasteiger partial charge on any atom is 0.261 e. The van der Waals surface area contributed by atoms with Gasteiger partial charge in [-0.2, -0.15) is 0 Å². The molecule has 1 aromatic carbocycles. The quantitative estimate of drug-likeness (QED) is 0.337. The lowest BCUT2D eigenvalue weighted by molar-refractivity contribution is 0.0655. The first-order chi connectivity index (χ1) is 11.2. The second-order valence-electron chi connectivity index (χ2n) is 5.06. The van der Waals surface area contributed by atoms with Crippen LogP contribution in [0, 0.1) is 0 Å². The number of hydrogen-bond acceptors (Lipinski definition) is 5. The first kappa shape index (κ1) is 15.5. The zero-order valence-electron chi connectivity index (χ0n) is 12.5. The molecule has 1 aromatic heterocycles. The van der Waals surface area contributed by atoms with Gasteiger partial charge in [0.2, 0.25) is 0 Å². The Hall–Kier alpha value is -2.41. The summed E-state index contributed by atoms with van der Waals surface area (Å²) in [5.41, 5.74) is 0.992. The summed E-state index contributed by atoms with van der Waals surface area (Å²) in [6.07, 6.45) is 4.15. The lowest BCUT2D eigenvalue weighted by atomic mass is 10.1. The first-order valence-electron chi connectivity index (χ1n) is 7.29. The van der Waals surface area contributed by atoms with Crippen LogP contribution in [-0.4, -0.2) is 43.8 Å². The van der Waals surface area contributed by atoms with Gasteiger partial charge in [0.1, 0.15) is 6.33 Å². The van der Waals surface area contributed by atoms with Crippen LogP contribution in [-0.2, 0) is 6.54 Å². The minimum Gasteiger partial charge on any atom is -0.305 e. The third kappa shape index (κ3) is 3.05.